The molecule has 11 rings (SSSR count). The normalized spacial score (nSPS) is 11.3. The molecule has 11 aromatic rings. The summed E-state index contributed by atoms with van der Waals surface area (Å²) in [6.07, 6.45) is 0.804. The predicted octanol–water partition coefficient (Wildman–Crippen LogP) is 15.2. The highest BCUT2D eigenvalue weighted by Gasteiger charge is 2.19. The van der Waals surface area contributed by atoms with Crippen LogP contribution in [0.4, 0.5) is 0 Å². The van der Waals surface area contributed by atoms with Crippen molar-refractivity contribution >= 4 is 21.8 Å². The molecule has 3 heterocycles. The van der Waals surface area contributed by atoms with Gasteiger partial charge in [-0.05, 0) is 88.8 Å². The van der Waals surface area contributed by atoms with Crippen molar-refractivity contribution in [1.82, 2.24) is 19.5 Å². The number of hydrogen-bond donors (Lipinski definition) is 0. The van der Waals surface area contributed by atoms with Gasteiger partial charge in [-0.1, -0.05) is 177 Å². The molecule has 0 amide bonds. The average Bonchev–Trinajstić information content (AvgIpc) is 3.71. The Balaban J connectivity index is 1.15. The third kappa shape index (κ3) is 7.18. The smallest absolute Gasteiger partial charge is 0.160 e. The number of aromatic nitrogens is 4. The van der Waals surface area contributed by atoms with Gasteiger partial charge in [0.1, 0.15) is 0 Å². The highest BCUT2D eigenvalue weighted by molar-refractivity contribution is 6.09. The summed E-state index contributed by atoms with van der Waals surface area (Å²) in [4.78, 5) is 15.8. The van der Waals surface area contributed by atoms with E-state index < -0.39 is 0 Å². The summed E-state index contributed by atoms with van der Waals surface area (Å²) in [7, 11) is 0. The Bertz CT molecular complexity index is 3280. The van der Waals surface area contributed by atoms with Gasteiger partial charge in [0.2, 0.25) is 0 Å². The summed E-state index contributed by atoms with van der Waals surface area (Å²) in [6, 6.07) is 79.4. The van der Waals surface area contributed by atoms with E-state index in [2.05, 4.69) is 212 Å². The van der Waals surface area contributed by atoms with Crippen LogP contribution in [0.3, 0.4) is 0 Å². The minimum atomic E-state index is 0.685. The van der Waals surface area contributed by atoms with Crippen LogP contribution in [-0.4, -0.2) is 19.5 Å². The molecule has 0 bridgehead atoms. The van der Waals surface area contributed by atoms with Crippen LogP contribution < -0.4 is 0 Å². The van der Waals surface area contributed by atoms with Gasteiger partial charge >= 0.3 is 0 Å². The topological polar surface area (TPSA) is 43.6 Å². The fourth-order valence-electron chi connectivity index (χ4n) is 8.95. The minimum absolute atomic E-state index is 0.685. The third-order valence-electron chi connectivity index (χ3n) is 12.0. The second kappa shape index (κ2) is 16.3. The average molecular weight is 807 g/mol. The van der Waals surface area contributed by atoms with Gasteiger partial charge in [-0.25, -0.2) is 15.0 Å². The molecule has 0 radical (unpaired) electrons. The second-order valence-corrected chi connectivity index (χ2v) is 15.9. The lowest BCUT2D eigenvalue weighted by Gasteiger charge is -2.19. The SMILES string of the molecule is CCc1c(-c2cc(-c3ccc(-n4c5ccccc5c5ccccc54)cc3)cc(-c3cc(-c4ccccc4)nc(-c4ccccc4)n3)c2)cc(-c2ccccc2)nc1-c1ccccc1. The van der Waals surface area contributed by atoms with Crippen LogP contribution in [0.2, 0.25) is 0 Å². The van der Waals surface area contributed by atoms with E-state index in [0.29, 0.717) is 5.82 Å². The molecule has 298 valence electrons. The van der Waals surface area contributed by atoms with Gasteiger partial charge in [0.05, 0.1) is 33.8 Å². The molecule has 8 aromatic carbocycles. The first kappa shape index (κ1) is 37.8. The molecule has 0 aliphatic heterocycles. The van der Waals surface area contributed by atoms with Crippen molar-refractivity contribution in [2.24, 2.45) is 0 Å². The highest BCUT2D eigenvalue weighted by Crippen LogP contribution is 2.40. The summed E-state index contributed by atoms with van der Waals surface area (Å²) >= 11 is 0. The lowest BCUT2D eigenvalue weighted by atomic mass is 9.89. The van der Waals surface area contributed by atoms with Crippen LogP contribution in [-0.2, 0) is 6.42 Å². The zero-order valence-electron chi connectivity index (χ0n) is 34.9. The Labute approximate surface area is 367 Å². The highest BCUT2D eigenvalue weighted by atomic mass is 15.0. The molecular formula is C59H42N4. The first-order chi connectivity index (χ1) is 31.2. The molecule has 0 aliphatic rings. The number of rotatable bonds is 9. The number of pyridine rings is 1. The Morgan fingerprint density at radius 2 is 0.810 bits per heavy atom. The Hall–Kier alpha value is -8.21. The summed E-state index contributed by atoms with van der Waals surface area (Å²) < 4.78 is 2.37. The van der Waals surface area contributed by atoms with E-state index in [-0.39, 0.29) is 0 Å². The largest absolute Gasteiger partial charge is 0.309 e. The van der Waals surface area contributed by atoms with Crippen LogP contribution in [0.1, 0.15) is 12.5 Å². The quantitative estimate of drug-likeness (QED) is 0.146. The first-order valence-electron chi connectivity index (χ1n) is 21.6. The monoisotopic (exact) mass is 806 g/mol. The molecule has 4 nitrogen and oxygen atoms in total. The Kier molecular flexibility index (Phi) is 9.79. The van der Waals surface area contributed by atoms with Gasteiger partial charge in [0.15, 0.2) is 5.82 Å². The number of hydrogen-bond acceptors (Lipinski definition) is 3. The molecule has 0 spiro atoms. The number of fused-ring (bicyclic) bond motifs is 3. The summed E-state index contributed by atoms with van der Waals surface area (Å²) in [5.74, 6) is 0.685. The molecule has 0 aliphatic carbocycles. The molecule has 63 heavy (non-hydrogen) atoms. The number of benzene rings is 8. The molecule has 0 unspecified atom stereocenters. The van der Waals surface area contributed by atoms with Gasteiger partial charge in [0, 0.05) is 44.3 Å². The van der Waals surface area contributed by atoms with Gasteiger partial charge < -0.3 is 4.57 Å². The summed E-state index contributed by atoms with van der Waals surface area (Å²) in [6.45, 7) is 2.23. The van der Waals surface area contributed by atoms with E-state index in [1.54, 1.807) is 0 Å². The van der Waals surface area contributed by atoms with Crippen LogP contribution in [0.25, 0.3) is 106 Å². The maximum Gasteiger partial charge on any atom is 0.160 e. The first-order valence-corrected chi connectivity index (χ1v) is 21.6. The Morgan fingerprint density at radius 1 is 0.349 bits per heavy atom. The maximum atomic E-state index is 5.38. The second-order valence-electron chi connectivity index (χ2n) is 15.9. The van der Waals surface area contributed by atoms with E-state index in [4.69, 9.17) is 15.0 Å². The van der Waals surface area contributed by atoms with Crippen molar-refractivity contribution in [3.8, 4) is 84.4 Å². The maximum absolute atomic E-state index is 5.38. The predicted molar refractivity (Wildman–Crippen MR) is 262 cm³/mol. The van der Waals surface area contributed by atoms with Crippen LogP contribution in [0, 0.1) is 0 Å². The van der Waals surface area contributed by atoms with E-state index in [0.717, 1.165) is 85.0 Å². The van der Waals surface area contributed by atoms with Crippen molar-refractivity contribution < 1.29 is 0 Å². The fourth-order valence-corrected chi connectivity index (χ4v) is 8.95. The molecule has 0 atom stereocenters. The van der Waals surface area contributed by atoms with E-state index in [9.17, 15) is 0 Å². The van der Waals surface area contributed by atoms with Crippen molar-refractivity contribution in [1.29, 1.82) is 0 Å². The van der Waals surface area contributed by atoms with Gasteiger partial charge in [-0.2, -0.15) is 0 Å². The van der Waals surface area contributed by atoms with E-state index in [1.165, 1.54) is 27.4 Å². The van der Waals surface area contributed by atoms with Crippen LogP contribution >= 0.6 is 0 Å². The molecule has 0 saturated heterocycles. The molecule has 0 fully saturated rings. The molecule has 0 saturated carbocycles. The van der Waals surface area contributed by atoms with Crippen molar-refractivity contribution in [2.45, 2.75) is 13.3 Å². The lowest BCUT2D eigenvalue weighted by Crippen LogP contribution is -2.00. The molecule has 4 heteroatoms. The number of nitrogens with zero attached hydrogens (tertiary/aromatic N) is 4. The molecule has 3 aromatic heterocycles. The summed E-state index contributed by atoms with van der Waals surface area (Å²) in [5.41, 5.74) is 18.0. The van der Waals surface area contributed by atoms with Gasteiger partial charge in [-0.15, -0.1) is 0 Å². The van der Waals surface area contributed by atoms with Crippen LogP contribution in [0.15, 0.2) is 224 Å². The zero-order valence-corrected chi connectivity index (χ0v) is 34.9. The molecule has 0 N–H and O–H groups in total. The van der Waals surface area contributed by atoms with Gasteiger partial charge in [0.25, 0.3) is 0 Å². The summed E-state index contributed by atoms with van der Waals surface area (Å²) in [5, 5.41) is 2.50. The minimum Gasteiger partial charge on any atom is -0.309 e. The molecular weight excluding hydrogens is 765 g/mol. The fraction of sp³-hybridized carbons (Fsp3) is 0.0339. The van der Waals surface area contributed by atoms with Gasteiger partial charge in [-0.3, -0.25) is 0 Å². The third-order valence-corrected chi connectivity index (χ3v) is 12.0. The van der Waals surface area contributed by atoms with E-state index in [1.807, 2.05) is 24.3 Å². The van der Waals surface area contributed by atoms with Crippen molar-refractivity contribution in [3.63, 3.8) is 0 Å². The standard InChI is InChI=1S/C59H42N4/c1-2-49-52(38-53(41-19-7-3-8-20-41)60-58(49)43-23-11-5-12-24-43)46-35-45(40-31-33-48(34-32-40)63-56-29-17-15-27-50(56)51-28-16-18-30-57(51)63)36-47(37-46)55-39-54(42-21-9-4-10-22-42)61-59(62-55)44-25-13-6-14-26-44/h3-39H,2H2,1H3. The number of para-hydroxylation sites is 2. The van der Waals surface area contributed by atoms with Crippen molar-refractivity contribution in [2.75, 3.05) is 0 Å². The zero-order chi connectivity index (χ0) is 42.1. The Morgan fingerprint density at radius 3 is 1.38 bits per heavy atom. The van der Waals surface area contributed by atoms with Crippen LogP contribution in [0.5, 0.6) is 0 Å². The van der Waals surface area contributed by atoms with Crippen molar-refractivity contribution in [3.05, 3.63) is 230 Å². The van der Waals surface area contributed by atoms with E-state index >= 15 is 0 Å². The lowest BCUT2D eigenvalue weighted by molar-refractivity contribution is 1.11.